The number of rotatable bonds is 3. The Morgan fingerprint density at radius 2 is 2.00 bits per heavy atom. The Morgan fingerprint density at radius 3 is 2.50 bits per heavy atom. The van der Waals surface area contributed by atoms with Gasteiger partial charge in [0.25, 0.3) is 0 Å². The molecule has 1 fully saturated rings. The molecule has 20 heavy (non-hydrogen) atoms. The molecule has 1 aliphatic carbocycles. The summed E-state index contributed by atoms with van der Waals surface area (Å²) >= 11 is 0. The number of guanidine groups is 1. The van der Waals surface area contributed by atoms with Crippen molar-refractivity contribution in [1.29, 1.82) is 0 Å². The predicted octanol–water partition coefficient (Wildman–Crippen LogP) is 2.32. The van der Waals surface area contributed by atoms with E-state index in [9.17, 15) is 4.79 Å². The summed E-state index contributed by atoms with van der Waals surface area (Å²) in [5.41, 5.74) is 8.83. The van der Waals surface area contributed by atoms with E-state index in [1.807, 2.05) is 39.0 Å². The van der Waals surface area contributed by atoms with E-state index in [2.05, 4.69) is 10.3 Å². The first-order chi connectivity index (χ1) is 9.52. The monoisotopic (exact) mass is 274 g/mol. The van der Waals surface area contributed by atoms with Crippen molar-refractivity contribution in [1.82, 2.24) is 5.32 Å². The summed E-state index contributed by atoms with van der Waals surface area (Å²) in [6, 6.07) is 6.06. The molecular formula is C15H22N4O. The molecule has 0 aromatic heterocycles. The second-order valence-corrected chi connectivity index (χ2v) is 5.16. The molecule has 0 atom stereocenters. The average Bonchev–Trinajstić information content (AvgIpc) is 3.17. The van der Waals surface area contributed by atoms with Gasteiger partial charge < -0.3 is 5.73 Å². The number of nitrogens with one attached hydrogen (secondary N) is 1. The second-order valence-electron chi connectivity index (χ2n) is 5.16. The van der Waals surface area contributed by atoms with Crippen LogP contribution in [-0.4, -0.2) is 24.6 Å². The maximum Gasteiger partial charge on any atom is 0.328 e. The van der Waals surface area contributed by atoms with Gasteiger partial charge in [0.05, 0.1) is 11.7 Å². The highest BCUT2D eigenvalue weighted by Crippen LogP contribution is 2.25. The van der Waals surface area contributed by atoms with Gasteiger partial charge in [-0.15, -0.1) is 0 Å². The highest BCUT2D eigenvalue weighted by Gasteiger charge is 2.22. The molecule has 5 heteroatoms. The minimum absolute atomic E-state index is 0.210. The van der Waals surface area contributed by atoms with Gasteiger partial charge in [0.2, 0.25) is 0 Å². The fourth-order valence-corrected chi connectivity index (χ4v) is 2.24. The quantitative estimate of drug-likeness (QED) is 0.656. The minimum atomic E-state index is -0.230. The lowest BCUT2D eigenvalue weighted by molar-refractivity contribution is 0.250. The average molecular weight is 274 g/mol. The van der Waals surface area contributed by atoms with E-state index in [0.717, 1.165) is 29.7 Å². The van der Waals surface area contributed by atoms with Crippen molar-refractivity contribution in [2.45, 2.75) is 39.7 Å². The van der Waals surface area contributed by atoms with Crippen molar-refractivity contribution in [2.75, 3.05) is 11.4 Å². The van der Waals surface area contributed by atoms with Crippen LogP contribution in [0, 0.1) is 13.8 Å². The number of aliphatic imine (C=N–C) groups is 1. The minimum Gasteiger partial charge on any atom is -0.370 e. The van der Waals surface area contributed by atoms with E-state index >= 15 is 0 Å². The first-order valence-corrected chi connectivity index (χ1v) is 7.01. The van der Waals surface area contributed by atoms with Crippen LogP contribution in [0.25, 0.3) is 0 Å². The Labute approximate surface area is 119 Å². The van der Waals surface area contributed by atoms with Gasteiger partial charge in [0.15, 0.2) is 5.96 Å². The molecule has 1 saturated carbocycles. The Morgan fingerprint density at radius 1 is 1.40 bits per heavy atom. The van der Waals surface area contributed by atoms with Crippen molar-refractivity contribution < 1.29 is 4.79 Å². The highest BCUT2D eigenvalue weighted by atomic mass is 16.2. The zero-order valence-electron chi connectivity index (χ0n) is 12.3. The summed E-state index contributed by atoms with van der Waals surface area (Å²) < 4.78 is 0. The zero-order chi connectivity index (χ0) is 14.7. The normalized spacial score (nSPS) is 15.1. The molecule has 1 aromatic rings. The summed E-state index contributed by atoms with van der Waals surface area (Å²) in [6.45, 7) is 6.52. The van der Waals surface area contributed by atoms with Crippen LogP contribution in [0.2, 0.25) is 0 Å². The SMILES string of the molecule is CCN(C(=O)NC(N)=NC1CC1)c1c(C)cccc1C. The number of aryl methyl sites for hydroxylation is 2. The molecule has 3 N–H and O–H groups in total. The van der Waals surface area contributed by atoms with E-state index in [0.29, 0.717) is 12.6 Å². The third kappa shape index (κ3) is 3.29. The second kappa shape index (κ2) is 5.94. The first-order valence-electron chi connectivity index (χ1n) is 7.01. The summed E-state index contributed by atoms with van der Waals surface area (Å²) in [6.07, 6.45) is 2.12. The smallest absolute Gasteiger partial charge is 0.328 e. The van der Waals surface area contributed by atoms with Crippen molar-refractivity contribution in [3.8, 4) is 0 Å². The highest BCUT2D eigenvalue weighted by molar-refractivity contribution is 6.04. The van der Waals surface area contributed by atoms with E-state index in [1.54, 1.807) is 4.90 Å². The van der Waals surface area contributed by atoms with Crippen LogP contribution >= 0.6 is 0 Å². The van der Waals surface area contributed by atoms with Crippen molar-refractivity contribution >= 4 is 17.7 Å². The van der Waals surface area contributed by atoms with Crippen LogP contribution in [0.1, 0.15) is 30.9 Å². The van der Waals surface area contributed by atoms with Crippen LogP contribution in [0.5, 0.6) is 0 Å². The maximum atomic E-state index is 12.3. The Bertz CT molecular complexity index is 514. The van der Waals surface area contributed by atoms with Crippen molar-refractivity contribution in [2.24, 2.45) is 10.7 Å². The van der Waals surface area contributed by atoms with Crippen molar-refractivity contribution in [3.05, 3.63) is 29.3 Å². The number of carbonyl (C=O) groups excluding carboxylic acids is 1. The number of hydrogen-bond acceptors (Lipinski definition) is 2. The molecule has 2 rings (SSSR count). The van der Waals surface area contributed by atoms with E-state index < -0.39 is 0 Å². The summed E-state index contributed by atoms with van der Waals surface area (Å²) in [4.78, 5) is 18.3. The molecule has 0 unspecified atom stereocenters. The molecule has 1 aromatic carbocycles. The van der Waals surface area contributed by atoms with Gasteiger partial charge in [-0.25, -0.2) is 9.79 Å². The van der Waals surface area contributed by atoms with Crippen LogP contribution in [-0.2, 0) is 0 Å². The maximum absolute atomic E-state index is 12.3. The first kappa shape index (κ1) is 14.4. The predicted molar refractivity (Wildman–Crippen MR) is 82.1 cm³/mol. The molecule has 0 heterocycles. The number of carbonyl (C=O) groups is 1. The third-order valence-electron chi connectivity index (χ3n) is 3.37. The number of para-hydroxylation sites is 1. The van der Waals surface area contributed by atoms with E-state index in [1.165, 1.54) is 0 Å². The van der Waals surface area contributed by atoms with E-state index in [-0.39, 0.29) is 12.0 Å². The molecular weight excluding hydrogens is 252 g/mol. The third-order valence-corrected chi connectivity index (χ3v) is 3.37. The Hall–Kier alpha value is -2.04. The molecule has 0 aliphatic heterocycles. The number of benzene rings is 1. The lowest BCUT2D eigenvalue weighted by atomic mass is 10.1. The van der Waals surface area contributed by atoms with Gasteiger partial charge in [-0.1, -0.05) is 18.2 Å². The molecule has 0 bridgehead atoms. The fraction of sp³-hybridized carbons (Fsp3) is 0.467. The lowest BCUT2D eigenvalue weighted by Gasteiger charge is -2.25. The van der Waals surface area contributed by atoms with Crippen LogP contribution in [0.15, 0.2) is 23.2 Å². The fourth-order valence-electron chi connectivity index (χ4n) is 2.24. The molecule has 108 valence electrons. The van der Waals surface area contributed by atoms with Gasteiger partial charge in [0, 0.05) is 6.54 Å². The summed E-state index contributed by atoms with van der Waals surface area (Å²) in [5.74, 6) is 0.210. The zero-order valence-corrected chi connectivity index (χ0v) is 12.3. The van der Waals surface area contributed by atoms with Gasteiger partial charge >= 0.3 is 6.03 Å². The van der Waals surface area contributed by atoms with Crippen LogP contribution in [0.3, 0.4) is 0 Å². The van der Waals surface area contributed by atoms with Gasteiger partial charge in [-0.3, -0.25) is 10.2 Å². The molecule has 2 amide bonds. The summed E-state index contributed by atoms with van der Waals surface area (Å²) in [5, 5.41) is 2.67. The number of amides is 2. The molecule has 0 radical (unpaired) electrons. The number of nitrogens with zero attached hydrogens (tertiary/aromatic N) is 2. The van der Waals surface area contributed by atoms with Crippen molar-refractivity contribution in [3.63, 3.8) is 0 Å². The lowest BCUT2D eigenvalue weighted by Crippen LogP contribution is -2.46. The Kier molecular flexibility index (Phi) is 4.27. The molecule has 0 spiro atoms. The van der Waals surface area contributed by atoms with Gasteiger partial charge in [0.1, 0.15) is 0 Å². The van der Waals surface area contributed by atoms with E-state index in [4.69, 9.17) is 5.73 Å². The summed E-state index contributed by atoms with van der Waals surface area (Å²) in [7, 11) is 0. The standard InChI is InChI=1S/C15H22N4O/c1-4-19(13-10(2)6-5-7-11(13)3)15(20)18-14(16)17-12-8-9-12/h5-7,12H,4,8-9H2,1-3H3,(H3,16,17,18,20). The molecule has 0 saturated heterocycles. The van der Waals surface area contributed by atoms with Crippen LogP contribution in [0.4, 0.5) is 10.5 Å². The Balaban J connectivity index is 2.16. The largest absolute Gasteiger partial charge is 0.370 e. The number of anilines is 1. The number of hydrogen-bond donors (Lipinski definition) is 2. The van der Waals surface area contributed by atoms with Gasteiger partial charge in [-0.05, 0) is 44.7 Å². The topological polar surface area (TPSA) is 70.7 Å². The van der Waals surface area contributed by atoms with Crippen LogP contribution < -0.4 is 16.0 Å². The molecule has 1 aliphatic rings. The molecule has 5 nitrogen and oxygen atoms in total. The number of urea groups is 1. The number of nitrogens with two attached hydrogens (primary N) is 1. The van der Waals surface area contributed by atoms with Gasteiger partial charge in [-0.2, -0.15) is 0 Å².